The predicted molar refractivity (Wildman–Crippen MR) is 94.5 cm³/mol. The second-order valence-corrected chi connectivity index (χ2v) is 7.51. The van der Waals surface area contributed by atoms with E-state index in [0.29, 0.717) is 18.1 Å². The Morgan fingerprint density at radius 2 is 2.00 bits per heavy atom. The van der Waals surface area contributed by atoms with Crippen LogP contribution >= 0.6 is 0 Å². The molecule has 0 N–H and O–H groups in total. The molecule has 0 aromatic carbocycles. The highest BCUT2D eigenvalue weighted by molar-refractivity contribution is 5.46. The molecule has 5 atom stereocenters. The molecule has 2 heteroatoms. The van der Waals surface area contributed by atoms with Crippen molar-refractivity contribution in [1.82, 2.24) is 0 Å². The molecule has 0 aromatic rings. The van der Waals surface area contributed by atoms with Crippen molar-refractivity contribution in [3.05, 3.63) is 18.7 Å². The first-order valence-corrected chi connectivity index (χ1v) is 9.09. The van der Waals surface area contributed by atoms with E-state index in [1.165, 1.54) is 50.5 Å². The van der Waals surface area contributed by atoms with Crippen molar-refractivity contribution >= 4 is 5.87 Å². The Hall–Kier alpha value is -0.850. The number of hydrogen-bond acceptors (Lipinski definition) is 2. The fraction of sp³-hybridized carbons (Fsp3) is 0.800. The quantitative estimate of drug-likeness (QED) is 0.489. The first kappa shape index (κ1) is 17.5. The molecule has 2 rings (SSSR count). The first-order valence-electron chi connectivity index (χ1n) is 9.09. The topological polar surface area (TPSA) is 21.6 Å². The molecular weight excluding hydrogens is 270 g/mol. The lowest BCUT2D eigenvalue weighted by Gasteiger charge is -2.34. The first-order chi connectivity index (χ1) is 10.6. The Bertz CT molecular complexity index is 410. The summed E-state index contributed by atoms with van der Waals surface area (Å²) >= 11 is 0. The van der Waals surface area contributed by atoms with Crippen LogP contribution in [-0.2, 0) is 4.74 Å². The van der Waals surface area contributed by atoms with Crippen molar-refractivity contribution < 1.29 is 4.74 Å². The lowest BCUT2D eigenvalue weighted by atomic mass is 9.74. The van der Waals surface area contributed by atoms with Gasteiger partial charge in [0.2, 0.25) is 0 Å². The highest BCUT2D eigenvalue weighted by Crippen LogP contribution is 2.37. The number of hydrogen-bond donors (Lipinski definition) is 0. The fourth-order valence-corrected chi connectivity index (χ4v) is 4.13. The molecule has 124 valence electrons. The van der Waals surface area contributed by atoms with Gasteiger partial charge in [0.15, 0.2) is 0 Å². The molecule has 0 heterocycles. The molecule has 0 aromatic heterocycles. The number of ether oxygens (including phenoxy) is 1. The lowest BCUT2D eigenvalue weighted by Crippen LogP contribution is -2.29. The Kier molecular flexibility index (Phi) is 6.92. The zero-order chi connectivity index (χ0) is 15.9. The van der Waals surface area contributed by atoms with Gasteiger partial charge >= 0.3 is 0 Å². The molecule has 22 heavy (non-hydrogen) atoms. The van der Waals surface area contributed by atoms with Gasteiger partial charge in [0, 0.05) is 6.61 Å². The van der Waals surface area contributed by atoms with E-state index in [1.807, 2.05) is 0 Å². The van der Waals surface area contributed by atoms with Crippen LogP contribution in [0.4, 0.5) is 0 Å². The lowest BCUT2D eigenvalue weighted by molar-refractivity contribution is -0.00849. The Balaban J connectivity index is 1.76. The number of aliphatic imine (C=N–C) groups is 1. The molecule has 0 saturated heterocycles. The van der Waals surface area contributed by atoms with Crippen LogP contribution in [0.2, 0.25) is 0 Å². The maximum absolute atomic E-state index is 6.24. The van der Waals surface area contributed by atoms with Crippen molar-refractivity contribution in [1.29, 1.82) is 0 Å². The summed E-state index contributed by atoms with van der Waals surface area (Å²) in [6.07, 6.45) is 10.4. The van der Waals surface area contributed by atoms with Crippen LogP contribution in [0.25, 0.3) is 0 Å². The van der Waals surface area contributed by atoms with E-state index in [4.69, 9.17) is 4.74 Å². The highest BCUT2D eigenvalue weighted by Gasteiger charge is 2.28. The largest absolute Gasteiger partial charge is 0.378 e. The second-order valence-electron chi connectivity index (χ2n) is 7.51. The van der Waals surface area contributed by atoms with Crippen molar-refractivity contribution in [3.63, 3.8) is 0 Å². The van der Waals surface area contributed by atoms with Gasteiger partial charge in [-0.2, -0.15) is 0 Å². The van der Waals surface area contributed by atoms with Gasteiger partial charge in [-0.25, -0.2) is 4.99 Å². The molecule has 2 aliphatic carbocycles. The number of nitrogens with zero attached hydrogens (tertiary/aromatic N) is 1. The van der Waals surface area contributed by atoms with Crippen molar-refractivity contribution in [2.45, 2.75) is 77.4 Å². The van der Waals surface area contributed by atoms with Crippen LogP contribution < -0.4 is 0 Å². The molecule has 0 aliphatic heterocycles. The minimum Gasteiger partial charge on any atom is -0.378 e. The SMILES string of the molecule is C=C=NC1CCCC(OCC(C)C2CCCC(C(=C)C)C2)C1. The van der Waals surface area contributed by atoms with Crippen molar-refractivity contribution in [3.8, 4) is 0 Å². The summed E-state index contributed by atoms with van der Waals surface area (Å²) in [7, 11) is 0. The van der Waals surface area contributed by atoms with Gasteiger partial charge < -0.3 is 4.74 Å². The molecule has 5 unspecified atom stereocenters. The molecule has 2 fully saturated rings. The minimum absolute atomic E-state index is 0.383. The maximum Gasteiger partial charge on any atom is 0.0618 e. The van der Waals surface area contributed by atoms with Crippen molar-refractivity contribution in [2.75, 3.05) is 6.61 Å². The summed E-state index contributed by atoms with van der Waals surface area (Å²) in [5, 5.41) is 0. The summed E-state index contributed by atoms with van der Waals surface area (Å²) in [4.78, 5) is 4.33. The Morgan fingerprint density at radius 1 is 1.23 bits per heavy atom. The van der Waals surface area contributed by atoms with Gasteiger partial charge in [-0.05, 0) is 75.7 Å². The van der Waals surface area contributed by atoms with Crippen LogP contribution in [0.15, 0.2) is 23.7 Å². The van der Waals surface area contributed by atoms with Crippen LogP contribution in [-0.4, -0.2) is 24.6 Å². The third-order valence-corrected chi connectivity index (χ3v) is 5.68. The highest BCUT2D eigenvalue weighted by atomic mass is 16.5. The Labute approximate surface area is 136 Å². The van der Waals surface area contributed by atoms with Crippen LogP contribution in [0.1, 0.15) is 65.2 Å². The zero-order valence-electron chi connectivity index (χ0n) is 14.5. The molecular formula is C20H33NO. The van der Waals surface area contributed by atoms with E-state index in [0.717, 1.165) is 24.9 Å². The van der Waals surface area contributed by atoms with Gasteiger partial charge in [-0.15, -0.1) is 0 Å². The molecule has 2 nitrogen and oxygen atoms in total. The van der Waals surface area contributed by atoms with Gasteiger partial charge in [0.25, 0.3) is 0 Å². The summed E-state index contributed by atoms with van der Waals surface area (Å²) in [5.74, 6) is 4.90. The predicted octanol–water partition coefficient (Wildman–Crippen LogP) is 5.19. The molecule has 0 spiro atoms. The molecule has 0 bridgehead atoms. The van der Waals surface area contributed by atoms with E-state index in [2.05, 4.69) is 37.9 Å². The standard InChI is InChI=1S/C20H33NO/c1-5-21-19-10-7-11-20(13-19)22-14-16(4)18-9-6-8-17(12-18)15(2)3/h16-20H,1-2,6-14H2,3-4H3. The number of allylic oxidation sites excluding steroid dienone is 1. The fourth-order valence-electron chi connectivity index (χ4n) is 4.13. The Morgan fingerprint density at radius 3 is 2.73 bits per heavy atom. The van der Waals surface area contributed by atoms with Crippen LogP contribution in [0.5, 0.6) is 0 Å². The average molecular weight is 303 g/mol. The van der Waals surface area contributed by atoms with E-state index < -0.39 is 0 Å². The normalized spacial score (nSPS) is 33.7. The van der Waals surface area contributed by atoms with Gasteiger partial charge in [0.1, 0.15) is 0 Å². The third-order valence-electron chi connectivity index (χ3n) is 5.68. The maximum atomic E-state index is 6.24. The summed E-state index contributed by atoms with van der Waals surface area (Å²) in [6, 6.07) is 0.383. The van der Waals surface area contributed by atoms with E-state index in [9.17, 15) is 0 Å². The van der Waals surface area contributed by atoms with E-state index in [1.54, 1.807) is 0 Å². The molecule has 2 aliphatic rings. The number of rotatable bonds is 6. The van der Waals surface area contributed by atoms with Gasteiger partial charge in [-0.1, -0.05) is 31.9 Å². The van der Waals surface area contributed by atoms with Crippen molar-refractivity contribution in [2.24, 2.45) is 22.7 Å². The van der Waals surface area contributed by atoms with Crippen LogP contribution in [0.3, 0.4) is 0 Å². The van der Waals surface area contributed by atoms with Crippen LogP contribution in [0, 0.1) is 17.8 Å². The molecule has 2 saturated carbocycles. The molecule has 0 radical (unpaired) electrons. The van der Waals surface area contributed by atoms with Gasteiger partial charge in [0.05, 0.1) is 12.1 Å². The monoisotopic (exact) mass is 303 g/mol. The van der Waals surface area contributed by atoms with E-state index in [-0.39, 0.29) is 0 Å². The summed E-state index contributed by atoms with van der Waals surface area (Å²) < 4.78 is 6.24. The van der Waals surface area contributed by atoms with E-state index >= 15 is 0 Å². The minimum atomic E-state index is 0.383. The summed E-state index contributed by atoms with van der Waals surface area (Å²) in [6.45, 7) is 13.2. The molecule has 0 amide bonds. The zero-order valence-corrected chi connectivity index (χ0v) is 14.5. The average Bonchev–Trinajstić information content (AvgIpc) is 2.53. The second kappa shape index (κ2) is 8.70. The third kappa shape index (κ3) is 5.11. The summed E-state index contributed by atoms with van der Waals surface area (Å²) in [5.41, 5.74) is 1.37. The van der Waals surface area contributed by atoms with Gasteiger partial charge in [-0.3, -0.25) is 0 Å². The smallest absolute Gasteiger partial charge is 0.0618 e.